The molecule has 4 nitrogen and oxygen atoms in total. The highest BCUT2D eigenvalue weighted by atomic mass is 32.2. The molecule has 2 aromatic heterocycles. The van der Waals surface area contributed by atoms with E-state index in [1.165, 1.54) is 21.8 Å². The van der Waals surface area contributed by atoms with Gasteiger partial charge in [-0.25, -0.2) is 0 Å². The molecule has 3 rings (SSSR count). The van der Waals surface area contributed by atoms with E-state index in [1.807, 2.05) is 41.2 Å². The van der Waals surface area contributed by atoms with Crippen LogP contribution in [0.1, 0.15) is 39.3 Å². The van der Waals surface area contributed by atoms with Crippen molar-refractivity contribution in [3.63, 3.8) is 0 Å². The van der Waals surface area contributed by atoms with Crippen LogP contribution in [-0.2, 0) is 4.79 Å². The van der Waals surface area contributed by atoms with E-state index < -0.39 is 0 Å². The van der Waals surface area contributed by atoms with E-state index in [0.717, 1.165) is 4.88 Å². The molecule has 0 radical (unpaired) electrons. The lowest BCUT2D eigenvalue weighted by Crippen LogP contribution is -2.40. The van der Waals surface area contributed by atoms with Crippen molar-refractivity contribution in [1.82, 2.24) is 9.80 Å². The largest absolute Gasteiger partial charge is 0.336 e. The van der Waals surface area contributed by atoms with Crippen molar-refractivity contribution in [1.29, 1.82) is 0 Å². The standard InChI is InChI=1S/C18H22N2O2S3/c1-4-19(17(22)14-6-5-10-23-14)8-9-20-16(21)13(3)25-18(20)15-12(2)7-11-24-15/h5-7,10-11,13,18H,4,8-9H2,1-3H3/t13-,18+/m0/s1. The first-order valence-corrected chi connectivity index (χ1v) is 11.1. The maximum Gasteiger partial charge on any atom is 0.263 e. The molecule has 1 fully saturated rings. The van der Waals surface area contributed by atoms with Gasteiger partial charge in [0, 0.05) is 24.5 Å². The molecule has 1 aliphatic heterocycles. The summed E-state index contributed by atoms with van der Waals surface area (Å²) in [6.45, 7) is 7.82. The molecule has 0 unspecified atom stereocenters. The van der Waals surface area contributed by atoms with Crippen LogP contribution in [0.2, 0.25) is 0 Å². The predicted octanol–water partition coefficient (Wildman–Crippen LogP) is 4.24. The number of aryl methyl sites for hydroxylation is 1. The van der Waals surface area contributed by atoms with Crippen molar-refractivity contribution in [3.05, 3.63) is 44.3 Å². The summed E-state index contributed by atoms with van der Waals surface area (Å²) in [7, 11) is 0. The zero-order valence-corrected chi connectivity index (χ0v) is 17.0. The van der Waals surface area contributed by atoms with Gasteiger partial charge in [0.1, 0.15) is 5.37 Å². The molecule has 0 saturated carbocycles. The minimum Gasteiger partial charge on any atom is -0.336 e. The molecule has 3 heterocycles. The average Bonchev–Trinajstić information content (AvgIpc) is 3.32. The van der Waals surface area contributed by atoms with Crippen LogP contribution >= 0.6 is 34.4 Å². The average molecular weight is 395 g/mol. The van der Waals surface area contributed by atoms with Crippen molar-refractivity contribution in [2.24, 2.45) is 0 Å². The van der Waals surface area contributed by atoms with Crippen molar-refractivity contribution in [3.8, 4) is 0 Å². The SMILES string of the molecule is CCN(CCN1C(=O)[C@H](C)S[C@@H]1c1sccc1C)C(=O)c1cccs1. The summed E-state index contributed by atoms with van der Waals surface area (Å²) in [6.07, 6.45) is 0. The predicted molar refractivity (Wildman–Crippen MR) is 106 cm³/mol. The van der Waals surface area contributed by atoms with E-state index in [1.54, 1.807) is 23.1 Å². The molecular weight excluding hydrogens is 372 g/mol. The smallest absolute Gasteiger partial charge is 0.263 e. The topological polar surface area (TPSA) is 40.6 Å². The zero-order chi connectivity index (χ0) is 18.0. The maximum atomic E-state index is 12.6. The molecule has 134 valence electrons. The molecular formula is C18H22N2O2S3. The van der Waals surface area contributed by atoms with Gasteiger partial charge >= 0.3 is 0 Å². The Kier molecular flexibility index (Phi) is 5.86. The van der Waals surface area contributed by atoms with Crippen molar-refractivity contribution < 1.29 is 9.59 Å². The summed E-state index contributed by atoms with van der Waals surface area (Å²) in [5, 5.41) is 4.03. The van der Waals surface area contributed by atoms with Gasteiger partial charge in [-0.15, -0.1) is 34.4 Å². The molecule has 1 aliphatic rings. The Morgan fingerprint density at radius 2 is 2.08 bits per heavy atom. The van der Waals surface area contributed by atoms with Gasteiger partial charge in [0.15, 0.2) is 0 Å². The summed E-state index contributed by atoms with van der Waals surface area (Å²) in [5.74, 6) is 0.219. The first-order valence-electron chi connectivity index (χ1n) is 8.35. The van der Waals surface area contributed by atoms with Crippen molar-refractivity contribution in [2.75, 3.05) is 19.6 Å². The number of nitrogens with zero attached hydrogens (tertiary/aromatic N) is 2. The first-order chi connectivity index (χ1) is 12.0. The Bertz CT molecular complexity index is 741. The number of hydrogen-bond acceptors (Lipinski definition) is 5. The normalized spacial score (nSPS) is 20.3. The fourth-order valence-corrected chi connectivity index (χ4v) is 6.17. The van der Waals surface area contributed by atoms with Crippen LogP contribution in [0, 0.1) is 6.92 Å². The number of rotatable bonds is 6. The van der Waals surface area contributed by atoms with E-state index in [-0.39, 0.29) is 22.4 Å². The molecule has 1 saturated heterocycles. The second-order valence-electron chi connectivity index (χ2n) is 5.99. The summed E-state index contributed by atoms with van der Waals surface area (Å²) in [6, 6.07) is 5.85. The van der Waals surface area contributed by atoms with E-state index in [9.17, 15) is 9.59 Å². The molecule has 25 heavy (non-hydrogen) atoms. The minimum absolute atomic E-state index is 0.0328. The second kappa shape index (κ2) is 7.93. The van der Waals surface area contributed by atoms with Gasteiger partial charge in [0.25, 0.3) is 5.91 Å². The quantitative estimate of drug-likeness (QED) is 0.736. The number of carbonyl (C=O) groups is 2. The Balaban J connectivity index is 1.72. The Morgan fingerprint density at radius 3 is 2.68 bits per heavy atom. The summed E-state index contributed by atoms with van der Waals surface area (Å²) in [5.41, 5.74) is 1.23. The first kappa shape index (κ1) is 18.5. The highest BCUT2D eigenvalue weighted by molar-refractivity contribution is 8.01. The third-order valence-electron chi connectivity index (χ3n) is 4.38. The van der Waals surface area contributed by atoms with E-state index in [4.69, 9.17) is 0 Å². The fraction of sp³-hybridized carbons (Fsp3) is 0.444. The third kappa shape index (κ3) is 3.78. The molecule has 2 amide bonds. The number of carbonyl (C=O) groups excluding carboxylic acids is 2. The van der Waals surface area contributed by atoms with E-state index in [2.05, 4.69) is 18.4 Å². The van der Waals surface area contributed by atoms with E-state index >= 15 is 0 Å². The van der Waals surface area contributed by atoms with Crippen molar-refractivity contribution >= 4 is 46.2 Å². The Labute approximate surface area is 160 Å². The third-order valence-corrected chi connectivity index (χ3v) is 7.82. The van der Waals surface area contributed by atoms with Gasteiger partial charge in [-0.05, 0) is 49.2 Å². The highest BCUT2D eigenvalue weighted by Gasteiger charge is 2.39. The van der Waals surface area contributed by atoms with Crippen LogP contribution in [0.3, 0.4) is 0 Å². The summed E-state index contributed by atoms with van der Waals surface area (Å²) >= 11 is 4.87. The Morgan fingerprint density at radius 1 is 1.28 bits per heavy atom. The van der Waals surface area contributed by atoms with Gasteiger partial charge in [-0.2, -0.15) is 0 Å². The van der Waals surface area contributed by atoms with Crippen LogP contribution in [0.25, 0.3) is 0 Å². The molecule has 0 bridgehead atoms. The lowest BCUT2D eigenvalue weighted by atomic mass is 10.2. The monoisotopic (exact) mass is 394 g/mol. The summed E-state index contributed by atoms with van der Waals surface area (Å²) < 4.78 is 0. The molecule has 7 heteroatoms. The maximum absolute atomic E-state index is 12.6. The highest BCUT2D eigenvalue weighted by Crippen LogP contribution is 2.45. The summed E-state index contributed by atoms with van der Waals surface area (Å²) in [4.78, 5) is 31.0. The van der Waals surface area contributed by atoms with Gasteiger partial charge in [-0.3, -0.25) is 9.59 Å². The van der Waals surface area contributed by atoms with Crippen LogP contribution in [0.15, 0.2) is 29.0 Å². The van der Waals surface area contributed by atoms with Crippen LogP contribution < -0.4 is 0 Å². The number of thiophene rings is 2. The van der Waals surface area contributed by atoms with Crippen molar-refractivity contribution in [2.45, 2.75) is 31.4 Å². The molecule has 0 aromatic carbocycles. The van der Waals surface area contributed by atoms with Crippen LogP contribution in [0.5, 0.6) is 0 Å². The molecule has 2 aromatic rings. The minimum atomic E-state index is -0.0328. The van der Waals surface area contributed by atoms with Gasteiger partial charge in [0.2, 0.25) is 5.91 Å². The lowest BCUT2D eigenvalue weighted by Gasteiger charge is -2.27. The number of amides is 2. The lowest BCUT2D eigenvalue weighted by molar-refractivity contribution is -0.129. The van der Waals surface area contributed by atoms with Crippen LogP contribution in [0.4, 0.5) is 0 Å². The molecule has 0 spiro atoms. The molecule has 0 aliphatic carbocycles. The number of likely N-dealkylation sites (N-methyl/N-ethyl adjacent to an activating group) is 1. The second-order valence-corrected chi connectivity index (χ2v) is 9.31. The number of thioether (sulfide) groups is 1. The van der Waals surface area contributed by atoms with Crippen LogP contribution in [-0.4, -0.2) is 46.5 Å². The molecule has 0 N–H and O–H groups in total. The molecule has 2 atom stereocenters. The Hall–Kier alpha value is -1.31. The van der Waals surface area contributed by atoms with Gasteiger partial charge in [0.05, 0.1) is 10.1 Å². The van der Waals surface area contributed by atoms with E-state index in [0.29, 0.717) is 19.6 Å². The van der Waals surface area contributed by atoms with Gasteiger partial charge in [-0.1, -0.05) is 6.07 Å². The zero-order valence-electron chi connectivity index (χ0n) is 14.6. The van der Waals surface area contributed by atoms with Gasteiger partial charge < -0.3 is 9.80 Å². The number of hydrogen-bond donors (Lipinski definition) is 0. The fourth-order valence-electron chi connectivity index (χ4n) is 2.93.